The van der Waals surface area contributed by atoms with Crippen LogP contribution in [-0.4, -0.2) is 42.8 Å². The quantitative estimate of drug-likeness (QED) is 0.754. The van der Waals surface area contributed by atoms with Gasteiger partial charge in [0.2, 0.25) is 0 Å². The van der Waals surface area contributed by atoms with Gasteiger partial charge in [0.25, 0.3) is 0 Å². The molecule has 1 aliphatic rings. The van der Waals surface area contributed by atoms with E-state index in [1.54, 1.807) is 0 Å². The Kier molecular flexibility index (Phi) is 6.63. The van der Waals surface area contributed by atoms with Crippen LogP contribution in [-0.2, 0) is 4.74 Å². The molecule has 1 atom stereocenters. The average Bonchev–Trinajstić information content (AvgIpc) is 2.75. The zero-order valence-electron chi connectivity index (χ0n) is 13.0. The molecule has 0 aromatic carbocycles. The van der Waals surface area contributed by atoms with Crippen molar-refractivity contribution in [1.82, 2.24) is 10.2 Å². The molecule has 1 unspecified atom stereocenters. The van der Waals surface area contributed by atoms with E-state index in [-0.39, 0.29) is 6.09 Å². The Bertz CT molecular complexity index is 274. The lowest BCUT2D eigenvalue weighted by Gasteiger charge is -2.24. The van der Waals surface area contributed by atoms with Crippen LogP contribution >= 0.6 is 0 Å². The average molecular weight is 270 g/mol. The van der Waals surface area contributed by atoms with Gasteiger partial charge >= 0.3 is 6.09 Å². The van der Waals surface area contributed by atoms with E-state index in [2.05, 4.69) is 12.2 Å². The fourth-order valence-corrected chi connectivity index (χ4v) is 2.29. The van der Waals surface area contributed by atoms with Gasteiger partial charge in [0.15, 0.2) is 0 Å². The lowest BCUT2D eigenvalue weighted by Crippen LogP contribution is -2.35. The molecule has 0 aliphatic carbocycles. The second-order valence-electron chi connectivity index (χ2n) is 6.47. The fraction of sp³-hybridized carbons (Fsp3) is 0.933. The maximum Gasteiger partial charge on any atom is 0.410 e. The van der Waals surface area contributed by atoms with E-state index in [4.69, 9.17) is 4.74 Å². The van der Waals surface area contributed by atoms with Gasteiger partial charge in [-0.3, -0.25) is 0 Å². The number of hydrogen-bond donors (Lipinski definition) is 1. The van der Waals surface area contributed by atoms with Crippen molar-refractivity contribution >= 4 is 6.09 Å². The van der Waals surface area contributed by atoms with Gasteiger partial charge in [-0.25, -0.2) is 4.79 Å². The number of carbonyl (C=O) groups excluding carboxylic acids is 1. The zero-order valence-corrected chi connectivity index (χ0v) is 13.0. The smallest absolute Gasteiger partial charge is 0.410 e. The summed E-state index contributed by atoms with van der Waals surface area (Å²) in [7, 11) is 0. The van der Waals surface area contributed by atoms with Crippen molar-refractivity contribution in [2.45, 2.75) is 59.0 Å². The summed E-state index contributed by atoms with van der Waals surface area (Å²) < 4.78 is 5.40. The summed E-state index contributed by atoms with van der Waals surface area (Å²) in [6.07, 6.45) is 4.59. The zero-order chi connectivity index (χ0) is 14.3. The molecule has 112 valence electrons. The number of hydrogen-bond acceptors (Lipinski definition) is 3. The molecule has 0 spiro atoms. The molecule has 1 aliphatic heterocycles. The highest BCUT2D eigenvalue weighted by atomic mass is 16.6. The van der Waals surface area contributed by atoms with E-state index >= 15 is 0 Å². The topological polar surface area (TPSA) is 41.6 Å². The van der Waals surface area contributed by atoms with Gasteiger partial charge in [-0.15, -0.1) is 0 Å². The van der Waals surface area contributed by atoms with E-state index in [1.165, 1.54) is 12.8 Å². The van der Waals surface area contributed by atoms with Crippen molar-refractivity contribution in [2.75, 3.05) is 26.2 Å². The summed E-state index contributed by atoms with van der Waals surface area (Å²) in [5.74, 6) is 0.627. The van der Waals surface area contributed by atoms with E-state index in [0.29, 0.717) is 5.92 Å². The molecular weight excluding hydrogens is 240 g/mol. The number of nitrogens with one attached hydrogen (secondary N) is 1. The van der Waals surface area contributed by atoms with Gasteiger partial charge in [-0.05, 0) is 59.0 Å². The molecule has 0 bridgehead atoms. The summed E-state index contributed by atoms with van der Waals surface area (Å²) in [6.45, 7) is 11.8. The van der Waals surface area contributed by atoms with Gasteiger partial charge in [-0.2, -0.15) is 0 Å². The number of carbonyl (C=O) groups is 1. The van der Waals surface area contributed by atoms with Crippen molar-refractivity contribution in [3.63, 3.8) is 0 Å². The van der Waals surface area contributed by atoms with Gasteiger partial charge in [0.05, 0.1) is 0 Å². The number of nitrogens with zero attached hydrogens (tertiary/aromatic N) is 1. The highest BCUT2D eigenvalue weighted by molar-refractivity contribution is 5.68. The normalized spacial score (nSPS) is 19.8. The first-order valence-corrected chi connectivity index (χ1v) is 7.61. The molecule has 4 nitrogen and oxygen atoms in total. The monoisotopic (exact) mass is 270 g/mol. The SMILES string of the molecule is CCCCNCCC1CCN(C(=O)OC(C)(C)C)C1. The summed E-state index contributed by atoms with van der Waals surface area (Å²) in [6, 6.07) is 0. The molecular formula is C15H30N2O2. The number of amides is 1. The molecule has 0 saturated carbocycles. The predicted molar refractivity (Wildman–Crippen MR) is 78.3 cm³/mol. The number of rotatable bonds is 6. The van der Waals surface area contributed by atoms with Gasteiger partial charge in [0, 0.05) is 13.1 Å². The van der Waals surface area contributed by atoms with Crippen molar-refractivity contribution in [2.24, 2.45) is 5.92 Å². The Hall–Kier alpha value is -0.770. The Morgan fingerprint density at radius 2 is 2.11 bits per heavy atom. The summed E-state index contributed by atoms with van der Waals surface area (Å²) in [4.78, 5) is 13.8. The van der Waals surface area contributed by atoms with Crippen LogP contribution in [0.5, 0.6) is 0 Å². The third kappa shape index (κ3) is 6.81. The molecule has 1 saturated heterocycles. The molecule has 1 rings (SSSR count). The molecule has 1 N–H and O–H groups in total. The highest BCUT2D eigenvalue weighted by Crippen LogP contribution is 2.21. The second-order valence-corrected chi connectivity index (χ2v) is 6.47. The van der Waals surface area contributed by atoms with E-state index in [0.717, 1.165) is 39.0 Å². The minimum atomic E-state index is -0.392. The Labute approximate surface area is 117 Å². The van der Waals surface area contributed by atoms with E-state index in [9.17, 15) is 4.79 Å². The summed E-state index contributed by atoms with van der Waals surface area (Å²) >= 11 is 0. The molecule has 1 heterocycles. The largest absolute Gasteiger partial charge is 0.444 e. The first-order valence-electron chi connectivity index (χ1n) is 7.61. The molecule has 1 amide bonds. The number of ether oxygens (including phenoxy) is 1. The lowest BCUT2D eigenvalue weighted by atomic mass is 10.1. The number of unbranched alkanes of at least 4 members (excludes halogenated alkanes) is 1. The van der Waals surface area contributed by atoms with Crippen LogP contribution in [0, 0.1) is 5.92 Å². The van der Waals surface area contributed by atoms with E-state index < -0.39 is 5.60 Å². The lowest BCUT2D eigenvalue weighted by molar-refractivity contribution is 0.0287. The minimum absolute atomic E-state index is 0.158. The molecule has 0 aromatic heterocycles. The first-order chi connectivity index (χ1) is 8.92. The molecule has 0 aromatic rings. The van der Waals surface area contributed by atoms with Crippen LogP contribution in [0.1, 0.15) is 53.4 Å². The predicted octanol–water partition coefficient (Wildman–Crippen LogP) is 3.02. The van der Waals surface area contributed by atoms with Crippen LogP contribution < -0.4 is 5.32 Å². The summed E-state index contributed by atoms with van der Waals surface area (Å²) in [5, 5.41) is 3.46. The van der Waals surface area contributed by atoms with E-state index in [1.807, 2.05) is 25.7 Å². The highest BCUT2D eigenvalue weighted by Gasteiger charge is 2.29. The van der Waals surface area contributed by atoms with Crippen LogP contribution in [0.4, 0.5) is 4.79 Å². The molecule has 0 radical (unpaired) electrons. The maximum absolute atomic E-state index is 11.9. The minimum Gasteiger partial charge on any atom is -0.444 e. The van der Waals surface area contributed by atoms with Crippen molar-refractivity contribution in [3.8, 4) is 0 Å². The Morgan fingerprint density at radius 3 is 2.74 bits per heavy atom. The molecule has 19 heavy (non-hydrogen) atoms. The Morgan fingerprint density at radius 1 is 1.37 bits per heavy atom. The van der Waals surface area contributed by atoms with Gasteiger partial charge < -0.3 is 15.0 Å². The van der Waals surface area contributed by atoms with Crippen molar-refractivity contribution in [1.29, 1.82) is 0 Å². The fourth-order valence-electron chi connectivity index (χ4n) is 2.29. The Balaban J connectivity index is 2.17. The first kappa shape index (κ1) is 16.3. The third-order valence-corrected chi connectivity index (χ3v) is 3.37. The second kappa shape index (κ2) is 7.73. The van der Waals surface area contributed by atoms with Crippen molar-refractivity contribution in [3.05, 3.63) is 0 Å². The van der Waals surface area contributed by atoms with Gasteiger partial charge in [-0.1, -0.05) is 13.3 Å². The van der Waals surface area contributed by atoms with Crippen LogP contribution in [0.25, 0.3) is 0 Å². The van der Waals surface area contributed by atoms with Crippen LogP contribution in [0.15, 0.2) is 0 Å². The number of likely N-dealkylation sites (tertiary alicyclic amines) is 1. The summed E-state index contributed by atoms with van der Waals surface area (Å²) in [5.41, 5.74) is -0.392. The third-order valence-electron chi connectivity index (χ3n) is 3.37. The standard InChI is InChI=1S/C15H30N2O2/c1-5-6-9-16-10-7-13-8-11-17(12-13)14(18)19-15(2,3)4/h13,16H,5-12H2,1-4H3. The van der Waals surface area contributed by atoms with Crippen LogP contribution in [0.2, 0.25) is 0 Å². The van der Waals surface area contributed by atoms with Crippen LogP contribution in [0.3, 0.4) is 0 Å². The van der Waals surface area contributed by atoms with Crippen molar-refractivity contribution < 1.29 is 9.53 Å². The maximum atomic E-state index is 11.9. The molecule has 4 heteroatoms. The van der Waals surface area contributed by atoms with Gasteiger partial charge in [0.1, 0.15) is 5.60 Å². The molecule has 1 fully saturated rings.